The van der Waals surface area contributed by atoms with Crippen molar-refractivity contribution in [2.24, 2.45) is 5.92 Å². The zero-order valence-electron chi connectivity index (χ0n) is 13.2. The van der Waals surface area contributed by atoms with Crippen molar-refractivity contribution < 1.29 is 17.9 Å². The summed E-state index contributed by atoms with van der Waals surface area (Å²) in [5.74, 6) is -0.100. The van der Waals surface area contributed by atoms with Crippen LogP contribution in [0.3, 0.4) is 0 Å². The third-order valence-corrected chi connectivity index (χ3v) is 5.43. The van der Waals surface area contributed by atoms with Crippen LogP contribution in [0.15, 0.2) is 18.2 Å². The number of benzene rings is 1. The van der Waals surface area contributed by atoms with E-state index in [4.69, 9.17) is 16.3 Å². The average molecular weight is 348 g/mol. The Kier molecular flexibility index (Phi) is 6.68. The number of hydrogen-bond acceptors (Lipinski definition) is 4. The lowest BCUT2D eigenvalue weighted by Crippen LogP contribution is -2.39. The molecule has 0 radical (unpaired) electrons. The highest BCUT2D eigenvalue weighted by molar-refractivity contribution is 7.92. The van der Waals surface area contributed by atoms with E-state index in [0.29, 0.717) is 22.9 Å². The second kappa shape index (κ2) is 7.83. The third kappa shape index (κ3) is 5.18. The zero-order valence-corrected chi connectivity index (χ0v) is 14.8. The summed E-state index contributed by atoms with van der Waals surface area (Å²) >= 11 is 5.90. The van der Waals surface area contributed by atoms with Gasteiger partial charge in [0.1, 0.15) is 11.0 Å². The molecule has 7 heteroatoms. The standard InChI is InChI=1S/C15H22ClNO4S/c1-10(2)8-17-15(18)11(3)22(19,20)9-12-7-13(16)5-6-14(12)21-4/h5-7,10-11H,8-9H2,1-4H3,(H,17,18). The number of carbonyl (C=O) groups excluding carboxylic acids is 1. The molecule has 1 amide bonds. The SMILES string of the molecule is COc1ccc(Cl)cc1CS(=O)(=O)C(C)C(=O)NCC(C)C. The van der Waals surface area contributed by atoms with Crippen LogP contribution in [0.4, 0.5) is 0 Å². The van der Waals surface area contributed by atoms with E-state index in [1.165, 1.54) is 20.1 Å². The fourth-order valence-corrected chi connectivity index (χ4v) is 3.33. The number of sulfone groups is 1. The molecule has 0 aliphatic rings. The molecule has 0 aliphatic carbocycles. The number of nitrogens with one attached hydrogen (secondary N) is 1. The Labute approximate surface area is 136 Å². The molecule has 1 N–H and O–H groups in total. The van der Waals surface area contributed by atoms with Crippen molar-refractivity contribution in [3.8, 4) is 5.75 Å². The number of hydrogen-bond donors (Lipinski definition) is 1. The molecule has 0 aromatic heterocycles. The summed E-state index contributed by atoms with van der Waals surface area (Å²) in [4.78, 5) is 12.0. The molecule has 0 heterocycles. The summed E-state index contributed by atoms with van der Waals surface area (Å²) in [6.45, 7) is 5.72. The van der Waals surface area contributed by atoms with Crippen LogP contribution in [0.1, 0.15) is 26.3 Å². The summed E-state index contributed by atoms with van der Waals surface area (Å²) in [6, 6.07) is 4.77. The van der Waals surface area contributed by atoms with Crippen molar-refractivity contribution in [2.75, 3.05) is 13.7 Å². The van der Waals surface area contributed by atoms with Crippen LogP contribution in [0.5, 0.6) is 5.75 Å². The summed E-state index contributed by atoms with van der Waals surface area (Å²) < 4.78 is 30.0. The summed E-state index contributed by atoms with van der Waals surface area (Å²) in [6.07, 6.45) is 0. The number of carbonyl (C=O) groups is 1. The highest BCUT2D eigenvalue weighted by Gasteiger charge is 2.29. The lowest BCUT2D eigenvalue weighted by atomic mass is 10.2. The van der Waals surface area contributed by atoms with Crippen LogP contribution in [0.25, 0.3) is 0 Å². The Bertz CT molecular complexity index is 628. The fourth-order valence-electron chi connectivity index (χ4n) is 1.81. The van der Waals surface area contributed by atoms with E-state index in [-0.39, 0.29) is 11.7 Å². The van der Waals surface area contributed by atoms with Crippen LogP contribution in [0, 0.1) is 5.92 Å². The summed E-state index contributed by atoms with van der Waals surface area (Å²) in [5.41, 5.74) is 0.443. The number of methoxy groups -OCH3 is 1. The van der Waals surface area contributed by atoms with Crippen molar-refractivity contribution >= 4 is 27.3 Å². The Balaban J connectivity index is 2.91. The van der Waals surface area contributed by atoms with E-state index in [1.54, 1.807) is 12.1 Å². The Morgan fingerprint density at radius 3 is 2.50 bits per heavy atom. The van der Waals surface area contributed by atoms with Gasteiger partial charge >= 0.3 is 0 Å². The third-order valence-electron chi connectivity index (χ3n) is 3.19. The van der Waals surface area contributed by atoms with E-state index < -0.39 is 21.0 Å². The van der Waals surface area contributed by atoms with Gasteiger partial charge in [0.15, 0.2) is 9.84 Å². The van der Waals surface area contributed by atoms with Gasteiger partial charge in [0.25, 0.3) is 0 Å². The molecule has 1 rings (SSSR count). The van der Waals surface area contributed by atoms with E-state index in [0.717, 1.165) is 0 Å². The maximum atomic E-state index is 12.4. The van der Waals surface area contributed by atoms with Gasteiger partial charge in [-0.15, -0.1) is 0 Å². The van der Waals surface area contributed by atoms with Crippen LogP contribution < -0.4 is 10.1 Å². The van der Waals surface area contributed by atoms with Crippen molar-refractivity contribution in [2.45, 2.75) is 31.8 Å². The second-order valence-corrected chi connectivity index (χ2v) is 8.30. The van der Waals surface area contributed by atoms with Gasteiger partial charge in [-0.05, 0) is 31.0 Å². The highest BCUT2D eigenvalue weighted by atomic mass is 35.5. The molecule has 0 saturated heterocycles. The van der Waals surface area contributed by atoms with Crippen LogP contribution in [0.2, 0.25) is 5.02 Å². The van der Waals surface area contributed by atoms with Crippen molar-refractivity contribution in [1.82, 2.24) is 5.32 Å². The normalized spacial score (nSPS) is 13.0. The topological polar surface area (TPSA) is 72.5 Å². The Morgan fingerprint density at radius 1 is 1.32 bits per heavy atom. The minimum Gasteiger partial charge on any atom is -0.496 e. The number of rotatable bonds is 7. The summed E-state index contributed by atoms with van der Waals surface area (Å²) in [5, 5.41) is 1.93. The largest absolute Gasteiger partial charge is 0.496 e. The van der Waals surface area contributed by atoms with Gasteiger partial charge in [0, 0.05) is 17.1 Å². The summed E-state index contributed by atoms with van der Waals surface area (Å²) in [7, 11) is -2.20. The molecular formula is C15H22ClNO4S. The molecule has 0 fully saturated rings. The van der Waals surface area contributed by atoms with Gasteiger partial charge in [-0.2, -0.15) is 0 Å². The van der Waals surface area contributed by atoms with Crippen molar-refractivity contribution in [1.29, 1.82) is 0 Å². The predicted molar refractivity (Wildman–Crippen MR) is 87.9 cm³/mol. The molecule has 22 heavy (non-hydrogen) atoms. The van der Waals surface area contributed by atoms with E-state index in [2.05, 4.69) is 5.32 Å². The number of ether oxygens (including phenoxy) is 1. The molecule has 1 atom stereocenters. The monoisotopic (exact) mass is 347 g/mol. The molecule has 0 spiro atoms. The average Bonchev–Trinajstić information content (AvgIpc) is 2.43. The van der Waals surface area contributed by atoms with Gasteiger partial charge in [0.05, 0.1) is 12.9 Å². The second-order valence-electron chi connectivity index (χ2n) is 5.54. The van der Waals surface area contributed by atoms with E-state index in [1.807, 2.05) is 13.8 Å². The highest BCUT2D eigenvalue weighted by Crippen LogP contribution is 2.25. The van der Waals surface area contributed by atoms with E-state index in [9.17, 15) is 13.2 Å². The Hall–Kier alpha value is -1.27. The molecule has 124 valence electrons. The molecule has 0 saturated carbocycles. The van der Waals surface area contributed by atoms with Gasteiger partial charge in [-0.1, -0.05) is 25.4 Å². The van der Waals surface area contributed by atoms with Gasteiger partial charge in [0.2, 0.25) is 5.91 Å². The minimum absolute atomic E-state index is 0.256. The quantitative estimate of drug-likeness (QED) is 0.822. The maximum Gasteiger partial charge on any atom is 0.238 e. The number of halogens is 1. The van der Waals surface area contributed by atoms with Crippen LogP contribution in [-0.2, 0) is 20.4 Å². The lowest BCUT2D eigenvalue weighted by Gasteiger charge is -2.16. The first-order valence-corrected chi connectivity index (χ1v) is 9.08. The van der Waals surface area contributed by atoms with Crippen LogP contribution in [-0.4, -0.2) is 33.2 Å². The first-order valence-electron chi connectivity index (χ1n) is 6.99. The molecule has 0 bridgehead atoms. The van der Waals surface area contributed by atoms with Crippen LogP contribution >= 0.6 is 11.6 Å². The lowest BCUT2D eigenvalue weighted by molar-refractivity contribution is -0.120. The first kappa shape index (κ1) is 18.8. The fraction of sp³-hybridized carbons (Fsp3) is 0.533. The molecular weight excluding hydrogens is 326 g/mol. The molecule has 1 unspecified atom stereocenters. The molecule has 1 aromatic rings. The van der Waals surface area contributed by atoms with Crippen molar-refractivity contribution in [3.63, 3.8) is 0 Å². The molecule has 1 aromatic carbocycles. The van der Waals surface area contributed by atoms with Gasteiger partial charge < -0.3 is 10.1 Å². The van der Waals surface area contributed by atoms with Gasteiger partial charge in [-0.25, -0.2) is 8.42 Å². The molecule has 5 nitrogen and oxygen atoms in total. The number of amides is 1. The zero-order chi connectivity index (χ0) is 16.9. The van der Waals surface area contributed by atoms with E-state index >= 15 is 0 Å². The molecule has 0 aliphatic heterocycles. The minimum atomic E-state index is -3.66. The first-order chi connectivity index (χ1) is 10.2. The Morgan fingerprint density at radius 2 is 1.95 bits per heavy atom. The predicted octanol–water partition coefficient (Wildman–Crippen LogP) is 2.42. The maximum absolute atomic E-state index is 12.4. The smallest absolute Gasteiger partial charge is 0.238 e. The van der Waals surface area contributed by atoms with Crippen molar-refractivity contribution in [3.05, 3.63) is 28.8 Å². The van der Waals surface area contributed by atoms with Gasteiger partial charge in [-0.3, -0.25) is 4.79 Å².